The molecule has 0 bridgehead atoms. The summed E-state index contributed by atoms with van der Waals surface area (Å²) in [5, 5.41) is 3.85. The largest absolute Gasteiger partial charge is 0.496 e. The second-order valence-corrected chi connectivity index (χ2v) is 9.78. The third kappa shape index (κ3) is 4.80. The summed E-state index contributed by atoms with van der Waals surface area (Å²) in [7, 11) is -1.80. The van der Waals surface area contributed by atoms with Crippen molar-refractivity contribution in [3.05, 3.63) is 59.4 Å². The zero-order valence-electron chi connectivity index (χ0n) is 18.3. The third-order valence-electron chi connectivity index (χ3n) is 5.48. The second-order valence-electron chi connectivity index (χ2n) is 8.03. The Labute approximate surface area is 187 Å². The normalized spacial score (nSPS) is 14.2. The highest BCUT2D eigenvalue weighted by molar-refractivity contribution is 7.92. The number of carbonyl (C=O) groups excluding carboxylic acids is 1. The Balaban J connectivity index is 1.61. The van der Waals surface area contributed by atoms with Gasteiger partial charge in [0.2, 0.25) is 15.9 Å². The summed E-state index contributed by atoms with van der Waals surface area (Å²) in [6.07, 6.45) is 6.81. The fraction of sp³-hybridized carbons (Fsp3) is 0.292. The van der Waals surface area contributed by atoms with Crippen molar-refractivity contribution in [2.45, 2.75) is 32.6 Å². The van der Waals surface area contributed by atoms with Crippen LogP contribution in [-0.2, 0) is 27.7 Å². The molecule has 1 amide bonds. The van der Waals surface area contributed by atoms with E-state index in [9.17, 15) is 13.2 Å². The van der Waals surface area contributed by atoms with Crippen LogP contribution in [0.1, 0.15) is 36.7 Å². The predicted octanol–water partition coefficient (Wildman–Crippen LogP) is 4.73. The van der Waals surface area contributed by atoms with E-state index >= 15 is 0 Å². The minimum absolute atomic E-state index is 0.324. The summed E-state index contributed by atoms with van der Waals surface area (Å²) < 4.78 is 36.9. The van der Waals surface area contributed by atoms with Crippen LogP contribution in [0.25, 0.3) is 16.5 Å². The molecule has 0 atom stereocenters. The van der Waals surface area contributed by atoms with Crippen LogP contribution in [0.2, 0.25) is 0 Å². The maximum Gasteiger partial charge on any atom is 0.248 e. The molecule has 0 unspecified atom stereocenters. The van der Waals surface area contributed by atoms with Crippen LogP contribution in [0.5, 0.6) is 5.75 Å². The average Bonchev–Trinajstić information content (AvgIpc) is 3.09. The van der Waals surface area contributed by atoms with Crippen LogP contribution < -0.4 is 14.8 Å². The molecule has 168 valence electrons. The summed E-state index contributed by atoms with van der Waals surface area (Å²) in [5.41, 5.74) is 4.50. The van der Waals surface area contributed by atoms with Gasteiger partial charge in [-0.15, -0.1) is 0 Å². The fourth-order valence-electron chi connectivity index (χ4n) is 4.09. The molecule has 7 nitrogen and oxygen atoms in total. The molecular formula is C24H26N2O5S. The molecule has 0 radical (unpaired) electrons. The predicted molar refractivity (Wildman–Crippen MR) is 127 cm³/mol. The minimum atomic E-state index is -3.40. The number of hydrogen-bond acceptors (Lipinski definition) is 5. The fourth-order valence-corrected chi connectivity index (χ4v) is 4.65. The van der Waals surface area contributed by atoms with Crippen molar-refractivity contribution in [3.63, 3.8) is 0 Å². The van der Waals surface area contributed by atoms with Gasteiger partial charge in [-0.25, -0.2) is 8.42 Å². The molecule has 32 heavy (non-hydrogen) atoms. The number of aryl methyl sites for hydroxylation is 2. The van der Waals surface area contributed by atoms with Crippen LogP contribution in [-0.4, -0.2) is 27.7 Å². The highest BCUT2D eigenvalue weighted by Crippen LogP contribution is 2.37. The van der Waals surface area contributed by atoms with E-state index in [1.54, 1.807) is 31.4 Å². The molecule has 1 heterocycles. The number of sulfonamides is 1. The van der Waals surface area contributed by atoms with Crippen molar-refractivity contribution in [2.75, 3.05) is 23.4 Å². The molecule has 0 spiro atoms. The van der Waals surface area contributed by atoms with E-state index in [-0.39, 0.29) is 5.91 Å². The monoisotopic (exact) mass is 454 g/mol. The van der Waals surface area contributed by atoms with E-state index < -0.39 is 10.0 Å². The Morgan fingerprint density at radius 3 is 2.62 bits per heavy atom. The summed E-state index contributed by atoms with van der Waals surface area (Å²) in [5.74, 6) is 1.37. The number of amides is 1. The summed E-state index contributed by atoms with van der Waals surface area (Å²) >= 11 is 0. The molecule has 2 N–H and O–H groups in total. The van der Waals surface area contributed by atoms with Crippen LogP contribution >= 0.6 is 0 Å². The van der Waals surface area contributed by atoms with Crippen molar-refractivity contribution in [1.82, 2.24) is 0 Å². The molecule has 1 aromatic heterocycles. The highest BCUT2D eigenvalue weighted by atomic mass is 32.2. The molecule has 1 aliphatic rings. The smallest absolute Gasteiger partial charge is 0.248 e. The molecule has 0 aliphatic heterocycles. The standard InChI is InChI=1S/C24H26N2O5S/c1-15(11-24(27)25-16-7-6-8-17(12-16)26-32(3,28)29)19-13-20-18-9-4-5-10-21(18)31-23(20)14-22(19)30-2/h6-8,11-14,26H,4-5,9-10H2,1-3H3,(H,25,27)/b15-11+. The maximum absolute atomic E-state index is 12.7. The lowest BCUT2D eigenvalue weighted by Gasteiger charge is -2.11. The van der Waals surface area contributed by atoms with Crippen LogP contribution in [0.15, 0.2) is 46.9 Å². The maximum atomic E-state index is 12.7. The van der Waals surface area contributed by atoms with Crippen molar-refractivity contribution in [3.8, 4) is 5.75 Å². The minimum Gasteiger partial charge on any atom is -0.496 e. The topological polar surface area (TPSA) is 97.6 Å². The molecule has 0 saturated carbocycles. The van der Waals surface area contributed by atoms with Crippen molar-refractivity contribution in [2.24, 2.45) is 0 Å². The first kappa shape index (κ1) is 22.0. The van der Waals surface area contributed by atoms with E-state index in [4.69, 9.17) is 9.15 Å². The van der Waals surface area contributed by atoms with Gasteiger partial charge in [-0.05, 0) is 56.0 Å². The number of methoxy groups -OCH3 is 1. The van der Waals surface area contributed by atoms with E-state index in [0.29, 0.717) is 17.1 Å². The van der Waals surface area contributed by atoms with E-state index in [1.165, 1.54) is 11.6 Å². The van der Waals surface area contributed by atoms with Gasteiger partial charge in [-0.3, -0.25) is 9.52 Å². The number of nitrogens with one attached hydrogen (secondary N) is 2. The van der Waals surface area contributed by atoms with Gasteiger partial charge in [0.25, 0.3) is 0 Å². The summed E-state index contributed by atoms with van der Waals surface area (Å²) in [4.78, 5) is 12.7. The van der Waals surface area contributed by atoms with Crippen LogP contribution in [0, 0.1) is 0 Å². The number of furan rings is 1. The van der Waals surface area contributed by atoms with Gasteiger partial charge in [-0.1, -0.05) is 6.07 Å². The van der Waals surface area contributed by atoms with Crippen molar-refractivity contribution >= 4 is 43.8 Å². The van der Waals surface area contributed by atoms with Gasteiger partial charge in [0.05, 0.1) is 19.1 Å². The first-order valence-electron chi connectivity index (χ1n) is 10.4. The lowest BCUT2D eigenvalue weighted by Crippen LogP contribution is -2.11. The van der Waals surface area contributed by atoms with Gasteiger partial charge in [0.1, 0.15) is 17.1 Å². The average molecular weight is 455 g/mol. The van der Waals surface area contributed by atoms with Crippen molar-refractivity contribution < 1.29 is 22.4 Å². The molecule has 0 fully saturated rings. The molecule has 0 saturated heterocycles. The first-order valence-corrected chi connectivity index (χ1v) is 12.3. The van der Waals surface area contributed by atoms with Gasteiger partial charge < -0.3 is 14.5 Å². The van der Waals surface area contributed by atoms with Gasteiger partial charge in [-0.2, -0.15) is 0 Å². The molecular weight excluding hydrogens is 428 g/mol. The SMILES string of the molecule is COc1cc2oc3c(c2cc1/C(C)=C/C(=O)Nc1cccc(NS(C)(=O)=O)c1)CCCC3. The van der Waals surface area contributed by atoms with E-state index in [0.717, 1.165) is 59.8 Å². The number of fused-ring (bicyclic) bond motifs is 3. The third-order valence-corrected chi connectivity index (χ3v) is 6.09. The Morgan fingerprint density at radius 2 is 1.88 bits per heavy atom. The molecule has 2 aromatic carbocycles. The van der Waals surface area contributed by atoms with Crippen molar-refractivity contribution in [1.29, 1.82) is 0 Å². The molecule has 8 heteroatoms. The summed E-state index contributed by atoms with van der Waals surface area (Å²) in [6, 6.07) is 10.5. The number of anilines is 2. The Kier molecular flexibility index (Phi) is 5.97. The Bertz CT molecular complexity index is 1320. The van der Waals surface area contributed by atoms with E-state index in [2.05, 4.69) is 10.0 Å². The van der Waals surface area contributed by atoms with Gasteiger partial charge in [0, 0.05) is 40.8 Å². The quantitative estimate of drug-likeness (QED) is 0.525. The number of carbonyl (C=O) groups is 1. The zero-order chi connectivity index (χ0) is 22.9. The zero-order valence-corrected chi connectivity index (χ0v) is 19.1. The second kappa shape index (κ2) is 8.70. The Hall–Kier alpha value is -3.26. The highest BCUT2D eigenvalue weighted by Gasteiger charge is 2.20. The molecule has 4 rings (SSSR count). The first-order chi connectivity index (χ1) is 15.2. The van der Waals surface area contributed by atoms with Gasteiger partial charge in [0.15, 0.2) is 0 Å². The molecule has 3 aromatic rings. The molecule has 1 aliphatic carbocycles. The lowest BCUT2D eigenvalue weighted by molar-refractivity contribution is -0.111. The number of hydrogen-bond donors (Lipinski definition) is 2. The Morgan fingerprint density at radius 1 is 1.12 bits per heavy atom. The van der Waals surface area contributed by atoms with E-state index in [1.807, 2.05) is 19.1 Å². The number of benzene rings is 2. The lowest BCUT2D eigenvalue weighted by atomic mass is 9.94. The number of ether oxygens (including phenoxy) is 1. The summed E-state index contributed by atoms with van der Waals surface area (Å²) in [6.45, 7) is 1.86. The van der Waals surface area contributed by atoms with Crippen LogP contribution in [0.3, 0.4) is 0 Å². The van der Waals surface area contributed by atoms with Gasteiger partial charge >= 0.3 is 0 Å². The number of rotatable bonds is 6. The van der Waals surface area contributed by atoms with Crippen LogP contribution in [0.4, 0.5) is 11.4 Å². The number of allylic oxidation sites excluding steroid dienone is 1.